The third-order valence-corrected chi connectivity index (χ3v) is 2.13. The molecule has 4 nitrogen and oxygen atoms in total. The summed E-state index contributed by atoms with van der Waals surface area (Å²) >= 11 is 0. The largest absolute Gasteiger partial charge is 0.491 e. The fraction of sp³-hybridized carbons (Fsp3) is 0.462. The molecular weight excluding hydrogens is 218 g/mol. The van der Waals surface area contributed by atoms with E-state index in [1.807, 2.05) is 38.1 Å². The molecule has 1 aromatic rings. The Hall–Kier alpha value is -1.55. The third-order valence-electron chi connectivity index (χ3n) is 2.13. The molecule has 0 radical (unpaired) electrons. The number of hydrogen-bond donors (Lipinski definition) is 1. The molecule has 0 fully saturated rings. The molecule has 4 heteroatoms. The van der Waals surface area contributed by atoms with Gasteiger partial charge >= 0.3 is 5.97 Å². The first-order chi connectivity index (χ1) is 7.92. The molecule has 0 saturated carbocycles. The number of hydrogen-bond acceptors (Lipinski definition) is 4. The van der Waals surface area contributed by atoms with Crippen LogP contribution in [0.2, 0.25) is 0 Å². The lowest BCUT2D eigenvalue weighted by atomic mass is 10.1. The van der Waals surface area contributed by atoms with Crippen molar-refractivity contribution in [1.82, 2.24) is 0 Å². The standard InChI is InChI=1S/C13H19NO3/c1-13(2,14)9-17-11-7-5-4-6-10(11)8-12(15)16-3/h4-7H,8-9,14H2,1-3H3. The number of ether oxygens (including phenoxy) is 2. The summed E-state index contributed by atoms with van der Waals surface area (Å²) in [5.74, 6) is 0.393. The van der Waals surface area contributed by atoms with E-state index in [0.29, 0.717) is 12.4 Å². The second-order valence-electron chi connectivity index (χ2n) is 4.64. The second kappa shape index (κ2) is 5.68. The van der Waals surface area contributed by atoms with Crippen molar-refractivity contribution >= 4 is 5.97 Å². The number of nitrogens with two attached hydrogens (primary N) is 1. The zero-order valence-electron chi connectivity index (χ0n) is 10.5. The van der Waals surface area contributed by atoms with Gasteiger partial charge in [0.15, 0.2) is 0 Å². The zero-order valence-corrected chi connectivity index (χ0v) is 10.5. The van der Waals surface area contributed by atoms with Gasteiger partial charge in [-0.2, -0.15) is 0 Å². The van der Waals surface area contributed by atoms with E-state index < -0.39 is 5.54 Å². The maximum absolute atomic E-state index is 11.2. The third kappa shape index (κ3) is 4.87. The van der Waals surface area contributed by atoms with E-state index in [2.05, 4.69) is 4.74 Å². The van der Waals surface area contributed by atoms with Crippen molar-refractivity contribution in [2.24, 2.45) is 5.73 Å². The molecule has 0 amide bonds. The van der Waals surface area contributed by atoms with Crippen LogP contribution >= 0.6 is 0 Å². The van der Waals surface area contributed by atoms with Crippen molar-refractivity contribution in [3.8, 4) is 5.75 Å². The van der Waals surface area contributed by atoms with E-state index in [1.54, 1.807) is 0 Å². The molecular formula is C13H19NO3. The van der Waals surface area contributed by atoms with Gasteiger partial charge in [0.2, 0.25) is 0 Å². The molecule has 0 atom stereocenters. The molecule has 0 saturated heterocycles. The maximum atomic E-state index is 11.2. The average molecular weight is 237 g/mol. The fourth-order valence-electron chi connectivity index (χ4n) is 1.28. The number of esters is 1. The Morgan fingerprint density at radius 1 is 1.35 bits per heavy atom. The first-order valence-corrected chi connectivity index (χ1v) is 5.49. The van der Waals surface area contributed by atoms with Gasteiger partial charge in [0, 0.05) is 11.1 Å². The van der Waals surface area contributed by atoms with Gasteiger partial charge < -0.3 is 15.2 Å². The number of benzene rings is 1. The predicted octanol–water partition coefficient (Wildman–Crippen LogP) is 1.52. The van der Waals surface area contributed by atoms with E-state index in [9.17, 15) is 4.79 Å². The number of methoxy groups -OCH3 is 1. The average Bonchev–Trinajstić information content (AvgIpc) is 2.26. The molecule has 17 heavy (non-hydrogen) atoms. The van der Waals surface area contributed by atoms with Gasteiger partial charge in [-0.05, 0) is 19.9 Å². The van der Waals surface area contributed by atoms with E-state index in [4.69, 9.17) is 10.5 Å². The highest BCUT2D eigenvalue weighted by Crippen LogP contribution is 2.19. The lowest BCUT2D eigenvalue weighted by Gasteiger charge is -2.20. The Morgan fingerprint density at radius 3 is 2.59 bits per heavy atom. The predicted molar refractivity (Wildman–Crippen MR) is 65.9 cm³/mol. The highest BCUT2D eigenvalue weighted by molar-refractivity contribution is 5.73. The maximum Gasteiger partial charge on any atom is 0.310 e. The topological polar surface area (TPSA) is 61.5 Å². The Morgan fingerprint density at radius 2 is 2.00 bits per heavy atom. The summed E-state index contributed by atoms with van der Waals surface area (Å²) in [6, 6.07) is 7.39. The van der Waals surface area contributed by atoms with Crippen molar-refractivity contribution in [2.75, 3.05) is 13.7 Å². The first kappa shape index (κ1) is 13.5. The van der Waals surface area contributed by atoms with E-state index in [1.165, 1.54) is 7.11 Å². The summed E-state index contributed by atoms with van der Waals surface area (Å²) in [5, 5.41) is 0. The minimum absolute atomic E-state index is 0.206. The van der Waals surface area contributed by atoms with E-state index in [-0.39, 0.29) is 12.4 Å². The van der Waals surface area contributed by atoms with Crippen molar-refractivity contribution in [2.45, 2.75) is 25.8 Å². The minimum Gasteiger partial charge on any atom is -0.491 e. The molecule has 0 bridgehead atoms. The van der Waals surface area contributed by atoms with Crippen molar-refractivity contribution in [3.05, 3.63) is 29.8 Å². The minimum atomic E-state index is -0.404. The van der Waals surface area contributed by atoms with Crippen LogP contribution in [-0.4, -0.2) is 25.2 Å². The molecule has 0 heterocycles. The lowest BCUT2D eigenvalue weighted by Crippen LogP contribution is -2.38. The normalized spacial score (nSPS) is 11.1. The van der Waals surface area contributed by atoms with Gasteiger partial charge in [-0.1, -0.05) is 18.2 Å². The quantitative estimate of drug-likeness (QED) is 0.789. The van der Waals surface area contributed by atoms with Crippen LogP contribution < -0.4 is 10.5 Å². The molecule has 94 valence electrons. The van der Waals surface area contributed by atoms with Crippen molar-refractivity contribution in [1.29, 1.82) is 0 Å². The van der Waals surface area contributed by atoms with Crippen LogP contribution in [0.5, 0.6) is 5.75 Å². The molecule has 1 rings (SSSR count). The fourth-order valence-corrected chi connectivity index (χ4v) is 1.28. The van der Waals surface area contributed by atoms with Crippen LogP contribution in [0.3, 0.4) is 0 Å². The van der Waals surface area contributed by atoms with Gasteiger partial charge in [0.1, 0.15) is 12.4 Å². The monoisotopic (exact) mass is 237 g/mol. The highest BCUT2D eigenvalue weighted by atomic mass is 16.5. The number of rotatable bonds is 5. The van der Waals surface area contributed by atoms with Crippen LogP contribution in [0.1, 0.15) is 19.4 Å². The Kier molecular flexibility index (Phi) is 4.52. The number of para-hydroxylation sites is 1. The summed E-state index contributed by atoms with van der Waals surface area (Å²) in [7, 11) is 1.37. The van der Waals surface area contributed by atoms with E-state index in [0.717, 1.165) is 5.56 Å². The molecule has 0 spiro atoms. The van der Waals surface area contributed by atoms with Gasteiger partial charge in [0.05, 0.1) is 13.5 Å². The molecule has 1 aromatic carbocycles. The van der Waals surface area contributed by atoms with Crippen molar-refractivity contribution < 1.29 is 14.3 Å². The Balaban J connectivity index is 2.74. The Bertz CT molecular complexity index is 382. The highest BCUT2D eigenvalue weighted by Gasteiger charge is 2.14. The van der Waals surface area contributed by atoms with Gasteiger partial charge in [-0.25, -0.2) is 0 Å². The lowest BCUT2D eigenvalue weighted by molar-refractivity contribution is -0.139. The second-order valence-corrected chi connectivity index (χ2v) is 4.64. The summed E-state index contributed by atoms with van der Waals surface area (Å²) in [5.41, 5.74) is 6.25. The molecule has 0 unspecified atom stereocenters. The molecule has 0 aromatic heterocycles. The zero-order chi connectivity index (χ0) is 12.9. The van der Waals surface area contributed by atoms with Crippen LogP contribution in [0.25, 0.3) is 0 Å². The van der Waals surface area contributed by atoms with Gasteiger partial charge in [-0.15, -0.1) is 0 Å². The molecule has 2 N–H and O–H groups in total. The molecule has 0 aliphatic heterocycles. The van der Waals surface area contributed by atoms with Crippen LogP contribution in [0, 0.1) is 0 Å². The van der Waals surface area contributed by atoms with E-state index >= 15 is 0 Å². The summed E-state index contributed by atoms with van der Waals surface area (Å²) in [6.45, 7) is 4.16. The summed E-state index contributed by atoms with van der Waals surface area (Å²) in [6.07, 6.45) is 0.206. The SMILES string of the molecule is COC(=O)Cc1ccccc1OCC(C)(C)N. The number of carbonyl (C=O) groups is 1. The Labute approximate surface area is 102 Å². The van der Waals surface area contributed by atoms with Crippen molar-refractivity contribution in [3.63, 3.8) is 0 Å². The smallest absolute Gasteiger partial charge is 0.310 e. The van der Waals surface area contributed by atoms with Crippen LogP contribution in [0.15, 0.2) is 24.3 Å². The molecule has 0 aliphatic rings. The summed E-state index contributed by atoms with van der Waals surface area (Å²) in [4.78, 5) is 11.2. The first-order valence-electron chi connectivity index (χ1n) is 5.49. The molecule has 0 aliphatic carbocycles. The number of carbonyl (C=O) groups excluding carboxylic acids is 1. The summed E-state index contributed by atoms with van der Waals surface area (Å²) < 4.78 is 10.2. The van der Waals surface area contributed by atoms with Crippen LogP contribution in [-0.2, 0) is 16.0 Å². The van der Waals surface area contributed by atoms with Gasteiger partial charge in [0.25, 0.3) is 0 Å². The van der Waals surface area contributed by atoms with Gasteiger partial charge in [-0.3, -0.25) is 4.79 Å². The van der Waals surface area contributed by atoms with Crippen LogP contribution in [0.4, 0.5) is 0 Å².